The summed E-state index contributed by atoms with van der Waals surface area (Å²) in [5.74, 6) is -0.0917. The molecule has 3 nitrogen and oxygen atoms in total. The van der Waals surface area contributed by atoms with Gasteiger partial charge in [0.05, 0.1) is 0 Å². The van der Waals surface area contributed by atoms with E-state index in [1.165, 1.54) is 5.56 Å². The van der Waals surface area contributed by atoms with Crippen LogP contribution < -0.4 is 5.32 Å². The summed E-state index contributed by atoms with van der Waals surface area (Å²) in [5, 5.41) is 4.71. The Bertz CT molecular complexity index is 894. The van der Waals surface area contributed by atoms with E-state index in [9.17, 15) is 4.79 Å². The highest BCUT2D eigenvalue weighted by Gasteiger charge is 2.19. The Balaban J connectivity index is 2.01. The van der Waals surface area contributed by atoms with Crippen molar-refractivity contribution >= 4 is 34.1 Å². The zero-order chi connectivity index (χ0) is 17.3. The maximum Gasteiger partial charge on any atom is 0.272 e. The minimum atomic E-state index is -0.0917. The molecule has 0 spiro atoms. The normalized spacial score (nSPS) is 11.0. The number of rotatable bonds is 4. The zero-order valence-electron chi connectivity index (χ0n) is 14.2. The van der Waals surface area contributed by atoms with Gasteiger partial charge in [-0.05, 0) is 61.7 Å². The first-order valence-electron chi connectivity index (χ1n) is 8.23. The number of fused-ring (bicyclic) bond motifs is 1. The van der Waals surface area contributed by atoms with Gasteiger partial charge in [0.2, 0.25) is 0 Å². The van der Waals surface area contributed by atoms with Gasteiger partial charge < -0.3 is 9.88 Å². The number of nitrogens with one attached hydrogen (secondary N) is 1. The van der Waals surface area contributed by atoms with E-state index in [0.29, 0.717) is 10.7 Å². The van der Waals surface area contributed by atoms with Gasteiger partial charge >= 0.3 is 0 Å². The molecule has 24 heavy (non-hydrogen) atoms. The maximum atomic E-state index is 12.9. The van der Waals surface area contributed by atoms with Gasteiger partial charge in [0, 0.05) is 28.2 Å². The van der Waals surface area contributed by atoms with Crippen molar-refractivity contribution in [3.05, 3.63) is 64.3 Å². The number of aryl methyl sites for hydroxylation is 3. The van der Waals surface area contributed by atoms with Crippen molar-refractivity contribution in [1.82, 2.24) is 4.57 Å². The number of amides is 1. The molecule has 0 aliphatic carbocycles. The fourth-order valence-corrected chi connectivity index (χ4v) is 3.30. The number of aromatic nitrogens is 1. The van der Waals surface area contributed by atoms with Crippen molar-refractivity contribution in [2.75, 3.05) is 5.32 Å². The van der Waals surface area contributed by atoms with E-state index < -0.39 is 0 Å². The van der Waals surface area contributed by atoms with Gasteiger partial charge in [-0.2, -0.15) is 0 Å². The molecule has 4 heteroatoms. The van der Waals surface area contributed by atoms with E-state index >= 15 is 0 Å². The number of anilines is 1. The molecule has 0 fully saturated rings. The van der Waals surface area contributed by atoms with Crippen LogP contribution in [0.3, 0.4) is 0 Å². The molecular weight excluding hydrogens is 320 g/mol. The van der Waals surface area contributed by atoms with Crippen LogP contribution in [0.1, 0.15) is 35.5 Å². The highest BCUT2D eigenvalue weighted by atomic mass is 35.5. The Morgan fingerprint density at radius 2 is 1.83 bits per heavy atom. The molecular formula is C20H21ClN2O. The van der Waals surface area contributed by atoms with Crippen molar-refractivity contribution in [3.63, 3.8) is 0 Å². The molecule has 1 heterocycles. The zero-order valence-corrected chi connectivity index (χ0v) is 14.9. The molecule has 2 aromatic carbocycles. The van der Waals surface area contributed by atoms with E-state index in [1.54, 1.807) is 0 Å². The van der Waals surface area contributed by atoms with Crippen LogP contribution >= 0.6 is 11.6 Å². The minimum absolute atomic E-state index is 0.0917. The number of hydrogen-bond acceptors (Lipinski definition) is 1. The molecule has 3 rings (SSSR count). The fraction of sp³-hybridized carbons (Fsp3) is 0.250. The standard InChI is InChI=1S/C20H21ClN2O/c1-4-14-6-9-16(10-7-14)22-20(24)19-13(3)17-12-15(21)8-11-18(17)23(19)5-2/h6-12H,4-5H2,1-3H3,(H,22,24). The monoisotopic (exact) mass is 340 g/mol. The molecule has 3 aromatic rings. The van der Waals surface area contributed by atoms with Crippen LogP contribution in [0, 0.1) is 6.92 Å². The lowest BCUT2D eigenvalue weighted by Gasteiger charge is -2.10. The van der Waals surface area contributed by atoms with E-state index in [-0.39, 0.29) is 5.91 Å². The second kappa shape index (κ2) is 6.70. The first-order chi connectivity index (χ1) is 11.5. The number of hydrogen-bond donors (Lipinski definition) is 1. The predicted molar refractivity (Wildman–Crippen MR) is 101 cm³/mol. The summed E-state index contributed by atoms with van der Waals surface area (Å²) in [6, 6.07) is 13.7. The second-order valence-corrected chi connectivity index (χ2v) is 6.32. The summed E-state index contributed by atoms with van der Waals surface area (Å²) < 4.78 is 2.04. The van der Waals surface area contributed by atoms with Crippen LogP contribution in [-0.2, 0) is 13.0 Å². The van der Waals surface area contributed by atoms with Crippen molar-refractivity contribution in [3.8, 4) is 0 Å². The summed E-state index contributed by atoms with van der Waals surface area (Å²) in [4.78, 5) is 12.9. The second-order valence-electron chi connectivity index (χ2n) is 5.88. The van der Waals surface area contributed by atoms with Crippen molar-refractivity contribution < 1.29 is 4.79 Å². The molecule has 124 valence electrons. The summed E-state index contributed by atoms with van der Waals surface area (Å²) in [6.45, 7) is 6.85. The van der Waals surface area contributed by atoms with Gasteiger partial charge in [0.25, 0.3) is 5.91 Å². The van der Waals surface area contributed by atoms with Gasteiger partial charge in [0.15, 0.2) is 0 Å². The molecule has 0 saturated carbocycles. The van der Waals surface area contributed by atoms with E-state index in [0.717, 1.165) is 35.1 Å². The molecule has 0 unspecified atom stereocenters. The first kappa shape index (κ1) is 16.6. The number of benzene rings is 2. The summed E-state index contributed by atoms with van der Waals surface area (Å²) in [5.41, 5.74) is 4.74. The third-order valence-electron chi connectivity index (χ3n) is 4.43. The van der Waals surface area contributed by atoms with Crippen LogP contribution in [-0.4, -0.2) is 10.5 Å². The molecule has 0 aliphatic heterocycles. The predicted octanol–water partition coefficient (Wildman–Crippen LogP) is 5.44. The lowest BCUT2D eigenvalue weighted by molar-refractivity contribution is 0.101. The van der Waals surface area contributed by atoms with Crippen LogP contribution in [0.5, 0.6) is 0 Å². The Hall–Kier alpha value is -2.26. The van der Waals surface area contributed by atoms with E-state index in [1.807, 2.05) is 60.9 Å². The largest absolute Gasteiger partial charge is 0.337 e. The molecule has 1 aromatic heterocycles. The minimum Gasteiger partial charge on any atom is -0.337 e. The Labute approximate surface area is 147 Å². The molecule has 0 atom stereocenters. The van der Waals surface area contributed by atoms with Gasteiger partial charge in [0.1, 0.15) is 5.69 Å². The van der Waals surface area contributed by atoms with Crippen LogP contribution in [0.15, 0.2) is 42.5 Å². The van der Waals surface area contributed by atoms with Gasteiger partial charge in [-0.25, -0.2) is 0 Å². The number of carbonyl (C=O) groups excluding carboxylic acids is 1. The fourth-order valence-electron chi connectivity index (χ4n) is 3.13. The SMILES string of the molecule is CCc1ccc(NC(=O)c2c(C)c3cc(Cl)ccc3n2CC)cc1. The smallest absolute Gasteiger partial charge is 0.272 e. The van der Waals surface area contributed by atoms with Crippen LogP contribution in [0.2, 0.25) is 5.02 Å². The summed E-state index contributed by atoms with van der Waals surface area (Å²) in [6.07, 6.45) is 0.984. The Kier molecular flexibility index (Phi) is 4.63. The number of carbonyl (C=O) groups is 1. The molecule has 1 amide bonds. The van der Waals surface area contributed by atoms with E-state index in [4.69, 9.17) is 11.6 Å². The van der Waals surface area contributed by atoms with Crippen LogP contribution in [0.4, 0.5) is 5.69 Å². The topological polar surface area (TPSA) is 34.0 Å². The maximum absolute atomic E-state index is 12.9. The third kappa shape index (κ3) is 2.92. The van der Waals surface area contributed by atoms with E-state index in [2.05, 4.69) is 12.2 Å². The first-order valence-corrected chi connectivity index (χ1v) is 8.61. The van der Waals surface area contributed by atoms with Gasteiger partial charge in [-0.1, -0.05) is 30.7 Å². The van der Waals surface area contributed by atoms with Crippen LogP contribution in [0.25, 0.3) is 10.9 Å². The summed E-state index contributed by atoms with van der Waals surface area (Å²) >= 11 is 6.12. The molecule has 0 aliphatic rings. The Morgan fingerprint density at radius 3 is 2.46 bits per heavy atom. The summed E-state index contributed by atoms with van der Waals surface area (Å²) in [7, 11) is 0. The average molecular weight is 341 g/mol. The van der Waals surface area contributed by atoms with Crippen molar-refractivity contribution in [2.45, 2.75) is 33.7 Å². The molecule has 1 N–H and O–H groups in total. The highest BCUT2D eigenvalue weighted by Crippen LogP contribution is 2.29. The number of halogens is 1. The lowest BCUT2D eigenvalue weighted by atomic mass is 10.1. The molecule has 0 radical (unpaired) electrons. The Morgan fingerprint density at radius 1 is 1.12 bits per heavy atom. The third-order valence-corrected chi connectivity index (χ3v) is 4.66. The number of nitrogens with zero attached hydrogens (tertiary/aromatic N) is 1. The highest BCUT2D eigenvalue weighted by molar-refractivity contribution is 6.31. The molecule has 0 bridgehead atoms. The van der Waals surface area contributed by atoms with Gasteiger partial charge in [-0.15, -0.1) is 0 Å². The van der Waals surface area contributed by atoms with Crippen molar-refractivity contribution in [1.29, 1.82) is 0 Å². The molecule has 0 saturated heterocycles. The average Bonchev–Trinajstić information content (AvgIpc) is 2.87. The quantitative estimate of drug-likeness (QED) is 0.674. The van der Waals surface area contributed by atoms with Crippen molar-refractivity contribution in [2.24, 2.45) is 0 Å². The lowest BCUT2D eigenvalue weighted by Crippen LogP contribution is -2.17. The van der Waals surface area contributed by atoms with Gasteiger partial charge in [-0.3, -0.25) is 4.79 Å².